The molecule has 0 aromatic heterocycles. The van der Waals surface area contributed by atoms with Crippen molar-refractivity contribution in [2.75, 3.05) is 6.54 Å². The summed E-state index contributed by atoms with van der Waals surface area (Å²) in [6.45, 7) is 4.21. The van der Waals surface area contributed by atoms with E-state index in [9.17, 15) is 4.79 Å². The summed E-state index contributed by atoms with van der Waals surface area (Å²) < 4.78 is 0. The van der Waals surface area contributed by atoms with E-state index in [-0.39, 0.29) is 0 Å². The van der Waals surface area contributed by atoms with Crippen LogP contribution in [0.15, 0.2) is 18.2 Å². The Labute approximate surface area is 105 Å². The number of benzene rings is 1. The van der Waals surface area contributed by atoms with E-state index in [1.54, 1.807) is 25.1 Å². The summed E-state index contributed by atoms with van der Waals surface area (Å²) in [6.07, 6.45) is 0. The van der Waals surface area contributed by atoms with Gasteiger partial charge in [-0.15, -0.1) is 0 Å². The van der Waals surface area contributed by atoms with Gasteiger partial charge >= 0.3 is 0 Å². The molecule has 88 valence electrons. The van der Waals surface area contributed by atoms with E-state index in [0.717, 1.165) is 0 Å². The monoisotopic (exact) mass is 260 g/mol. The largest absolute Gasteiger partial charge is 0.368 e. The molecule has 1 amide bonds. The smallest absolute Gasteiger partial charge is 0.242 e. The van der Waals surface area contributed by atoms with Crippen molar-refractivity contribution in [2.45, 2.75) is 19.4 Å². The molecule has 0 bridgehead atoms. The predicted molar refractivity (Wildman–Crippen MR) is 66.7 cm³/mol. The van der Waals surface area contributed by atoms with E-state index in [2.05, 4.69) is 5.32 Å². The number of likely N-dealkylation sites (N-methyl/N-ethyl adjacent to an activating group) is 1. The van der Waals surface area contributed by atoms with Gasteiger partial charge in [-0.3, -0.25) is 4.79 Å². The maximum absolute atomic E-state index is 11.5. The number of hydrogen-bond donors (Lipinski definition) is 2. The average Bonchev–Trinajstić information content (AvgIpc) is 2.17. The van der Waals surface area contributed by atoms with E-state index in [0.29, 0.717) is 22.2 Å². The molecule has 0 radical (unpaired) electrons. The number of hydrogen-bond acceptors (Lipinski definition) is 2. The SMILES string of the molecule is CCNC(C)(C(N)=O)c1ccc(Cl)cc1Cl. The first-order chi connectivity index (χ1) is 7.41. The van der Waals surface area contributed by atoms with E-state index < -0.39 is 11.4 Å². The molecule has 5 heteroatoms. The van der Waals surface area contributed by atoms with Gasteiger partial charge < -0.3 is 11.1 Å². The Morgan fingerprint density at radius 1 is 1.50 bits per heavy atom. The number of nitrogens with one attached hydrogen (secondary N) is 1. The molecule has 1 atom stereocenters. The fraction of sp³-hybridized carbons (Fsp3) is 0.364. The van der Waals surface area contributed by atoms with Crippen LogP contribution >= 0.6 is 23.2 Å². The van der Waals surface area contributed by atoms with E-state index in [1.807, 2.05) is 6.92 Å². The molecular formula is C11H14Cl2N2O. The highest BCUT2D eigenvalue weighted by atomic mass is 35.5. The molecule has 1 aromatic carbocycles. The van der Waals surface area contributed by atoms with Gasteiger partial charge in [0.15, 0.2) is 0 Å². The minimum atomic E-state index is -0.976. The van der Waals surface area contributed by atoms with Crippen LogP contribution in [0.1, 0.15) is 19.4 Å². The van der Waals surface area contributed by atoms with Crippen molar-refractivity contribution in [1.82, 2.24) is 5.32 Å². The molecule has 0 aliphatic rings. The highest BCUT2D eigenvalue weighted by molar-refractivity contribution is 6.35. The number of rotatable bonds is 4. The van der Waals surface area contributed by atoms with Crippen molar-refractivity contribution in [3.8, 4) is 0 Å². The third kappa shape index (κ3) is 2.48. The number of nitrogens with two attached hydrogens (primary N) is 1. The first kappa shape index (κ1) is 13.3. The molecule has 1 unspecified atom stereocenters. The first-order valence-electron chi connectivity index (χ1n) is 4.92. The number of amides is 1. The second-order valence-electron chi connectivity index (χ2n) is 3.64. The van der Waals surface area contributed by atoms with Crippen LogP contribution in [0.25, 0.3) is 0 Å². The molecule has 3 N–H and O–H groups in total. The average molecular weight is 261 g/mol. The van der Waals surface area contributed by atoms with E-state index in [1.165, 1.54) is 0 Å². The van der Waals surface area contributed by atoms with Crippen molar-refractivity contribution >= 4 is 29.1 Å². The fourth-order valence-corrected chi connectivity index (χ4v) is 2.16. The molecule has 3 nitrogen and oxygen atoms in total. The molecule has 0 spiro atoms. The summed E-state index contributed by atoms with van der Waals surface area (Å²) >= 11 is 11.9. The normalized spacial score (nSPS) is 14.5. The summed E-state index contributed by atoms with van der Waals surface area (Å²) in [5.74, 6) is -0.474. The number of carbonyl (C=O) groups is 1. The van der Waals surface area contributed by atoms with Crippen LogP contribution in [0, 0.1) is 0 Å². The zero-order valence-corrected chi connectivity index (χ0v) is 10.7. The molecule has 0 saturated carbocycles. The molecule has 1 rings (SSSR count). The molecule has 0 saturated heterocycles. The third-order valence-electron chi connectivity index (χ3n) is 2.49. The quantitative estimate of drug-likeness (QED) is 0.873. The molecule has 0 aliphatic carbocycles. The van der Waals surface area contributed by atoms with Crippen LogP contribution in [0.3, 0.4) is 0 Å². The highest BCUT2D eigenvalue weighted by Crippen LogP contribution is 2.30. The zero-order chi connectivity index (χ0) is 12.3. The van der Waals surface area contributed by atoms with Gasteiger partial charge in [0.05, 0.1) is 0 Å². The van der Waals surface area contributed by atoms with Crippen molar-refractivity contribution in [3.05, 3.63) is 33.8 Å². The van der Waals surface area contributed by atoms with Gasteiger partial charge in [-0.2, -0.15) is 0 Å². The molecule has 0 fully saturated rings. The summed E-state index contributed by atoms with van der Waals surface area (Å²) in [7, 11) is 0. The Hall–Kier alpha value is -0.770. The summed E-state index contributed by atoms with van der Waals surface area (Å²) in [6, 6.07) is 4.98. The minimum absolute atomic E-state index is 0.426. The number of halogens is 2. The second kappa shape index (κ2) is 5.04. The van der Waals surface area contributed by atoms with Crippen LogP contribution in [-0.2, 0) is 10.3 Å². The second-order valence-corrected chi connectivity index (χ2v) is 4.49. The van der Waals surface area contributed by atoms with E-state index in [4.69, 9.17) is 28.9 Å². The Bertz CT molecular complexity index is 409. The number of primary amides is 1. The Morgan fingerprint density at radius 3 is 2.56 bits per heavy atom. The summed E-state index contributed by atoms with van der Waals surface area (Å²) in [4.78, 5) is 11.5. The lowest BCUT2D eigenvalue weighted by Crippen LogP contribution is -2.50. The summed E-state index contributed by atoms with van der Waals surface area (Å²) in [5.41, 5.74) is 5.06. The summed E-state index contributed by atoms with van der Waals surface area (Å²) in [5, 5.41) is 3.98. The maximum Gasteiger partial charge on any atom is 0.242 e. The van der Waals surface area contributed by atoms with Crippen LogP contribution < -0.4 is 11.1 Å². The zero-order valence-electron chi connectivity index (χ0n) is 9.18. The minimum Gasteiger partial charge on any atom is -0.368 e. The number of carbonyl (C=O) groups excluding carboxylic acids is 1. The van der Waals surface area contributed by atoms with Crippen LogP contribution in [-0.4, -0.2) is 12.5 Å². The van der Waals surface area contributed by atoms with Gasteiger partial charge in [0.1, 0.15) is 5.54 Å². The van der Waals surface area contributed by atoms with Gasteiger partial charge in [0.2, 0.25) is 5.91 Å². The van der Waals surface area contributed by atoms with Gasteiger partial charge in [-0.1, -0.05) is 36.2 Å². The molecule has 16 heavy (non-hydrogen) atoms. The van der Waals surface area contributed by atoms with Crippen molar-refractivity contribution in [2.24, 2.45) is 5.73 Å². The Morgan fingerprint density at radius 2 is 2.12 bits per heavy atom. The van der Waals surface area contributed by atoms with Gasteiger partial charge in [-0.25, -0.2) is 0 Å². The lowest BCUT2D eigenvalue weighted by molar-refractivity contribution is -0.124. The Balaban J connectivity index is 3.26. The predicted octanol–water partition coefficient (Wildman–Crippen LogP) is 2.30. The van der Waals surface area contributed by atoms with Crippen LogP contribution in [0.2, 0.25) is 10.0 Å². The fourth-order valence-electron chi connectivity index (χ4n) is 1.56. The molecular weight excluding hydrogens is 247 g/mol. The Kier molecular flexibility index (Phi) is 4.19. The maximum atomic E-state index is 11.5. The molecule has 1 aromatic rings. The standard InChI is InChI=1S/C11H14Cl2N2O/c1-3-15-11(2,10(14)16)8-5-4-7(12)6-9(8)13/h4-6,15H,3H2,1-2H3,(H2,14,16). The molecule has 0 aliphatic heterocycles. The lowest BCUT2D eigenvalue weighted by atomic mass is 9.91. The van der Waals surface area contributed by atoms with Gasteiger partial charge in [-0.05, 0) is 31.2 Å². The van der Waals surface area contributed by atoms with Crippen molar-refractivity contribution in [1.29, 1.82) is 0 Å². The van der Waals surface area contributed by atoms with Gasteiger partial charge in [0, 0.05) is 10.0 Å². The van der Waals surface area contributed by atoms with Crippen LogP contribution in [0.5, 0.6) is 0 Å². The first-order valence-corrected chi connectivity index (χ1v) is 5.68. The third-order valence-corrected chi connectivity index (χ3v) is 3.04. The topological polar surface area (TPSA) is 55.1 Å². The lowest BCUT2D eigenvalue weighted by Gasteiger charge is -2.28. The van der Waals surface area contributed by atoms with Crippen molar-refractivity contribution in [3.63, 3.8) is 0 Å². The van der Waals surface area contributed by atoms with Crippen molar-refractivity contribution < 1.29 is 4.79 Å². The molecule has 0 heterocycles. The van der Waals surface area contributed by atoms with Gasteiger partial charge in [0.25, 0.3) is 0 Å². The highest BCUT2D eigenvalue weighted by Gasteiger charge is 2.33. The van der Waals surface area contributed by atoms with Crippen LogP contribution in [0.4, 0.5) is 0 Å². The van der Waals surface area contributed by atoms with E-state index >= 15 is 0 Å².